The molecule has 4 nitrogen and oxygen atoms in total. The molecule has 0 saturated heterocycles. The van der Waals surface area contributed by atoms with Gasteiger partial charge in [0, 0.05) is 11.1 Å². The second-order valence-corrected chi connectivity index (χ2v) is 7.41. The molecule has 1 saturated carbocycles. The van der Waals surface area contributed by atoms with E-state index in [2.05, 4.69) is 0 Å². The number of carbonyl (C=O) groups excluding carboxylic acids is 2. The molecule has 3 aliphatic rings. The van der Waals surface area contributed by atoms with Crippen LogP contribution >= 0.6 is 23.2 Å². The number of halogens is 2. The number of alkyl halides is 2. The Balaban J connectivity index is 1.83. The van der Waals surface area contributed by atoms with Gasteiger partial charge in [-0.05, 0) is 12.1 Å². The van der Waals surface area contributed by atoms with E-state index in [0.29, 0.717) is 22.6 Å². The molecule has 120 valence electrons. The Morgan fingerprint density at radius 2 is 1.08 bits per heavy atom. The average molecular weight is 361 g/mol. The number of hydrogen-bond acceptors (Lipinski definition) is 4. The van der Waals surface area contributed by atoms with Crippen LogP contribution in [-0.2, 0) is 19.3 Å². The molecule has 2 aliphatic heterocycles. The quantitative estimate of drug-likeness (QED) is 0.410. The van der Waals surface area contributed by atoms with Gasteiger partial charge in [0.2, 0.25) is 0 Å². The van der Waals surface area contributed by atoms with Gasteiger partial charge in [0.05, 0.1) is 11.8 Å². The predicted molar refractivity (Wildman–Crippen MR) is 86.2 cm³/mol. The first-order valence-electron chi connectivity index (χ1n) is 7.50. The molecule has 1 fully saturated rings. The van der Waals surface area contributed by atoms with E-state index in [1.54, 1.807) is 48.5 Å². The number of carbonyl (C=O) groups is 2. The highest BCUT2D eigenvalue weighted by Gasteiger charge is 2.81. The van der Waals surface area contributed by atoms with E-state index in [0.717, 1.165) is 0 Å². The normalized spacial score (nSPS) is 35.4. The van der Waals surface area contributed by atoms with E-state index in [1.807, 2.05) is 0 Å². The van der Waals surface area contributed by atoms with Crippen LogP contribution in [0.2, 0.25) is 0 Å². The number of para-hydroxylation sites is 2. The fourth-order valence-electron chi connectivity index (χ4n) is 4.20. The Kier molecular flexibility index (Phi) is 2.58. The van der Waals surface area contributed by atoms with Gasteiger partial charge in [-0.3, -0.25) is 9.59 Å². The Morgan fingerprint density at radius 1 is 0.708 bits per heavy atom. The SMILES string of the molecule is O=C1Oc2ccccc2[C@]2(Cl)[C@H]1[C@@H]1C(=O)Oc3ccccc3[C@@]12Cl. The van der Waals surface area contributed by atoms with Crippen LogP contribution in [0, 0.1) is 11.8 Å². The van der Waals surface area contributed by atoms with Crippen LogP contribution in [0.1, 0.15) is 11.1 Å². The maximum absolute atomic E-state index is 12.5. The summed E-state index contributed by atoms with van der Waals surface area (Å²) in [4.78, 5) is 22.5. The van der Waals surface area contributed by atoms with Crippen molar-refractivity contribution in [3.05, 3.63) is 59.7 Å². The molecule has 1 aliphatic carbocycles. The average Bonchev–Trinajstić information content (AvgIpc) is 2.57. The monoisotopic (exact) mass is 360 g/mol. The van der Waals surface area contributed by atoms with Crippen LogP contribution in [0.25, 0.3) is 0 Å². The zero-order chi connectivity index (χ0) is 16.7. The van der Waals surface area contributed by atoms with Gasteiger partial charge in [-0.1, -0.05) is 36.4 Å². The fraction of sp³-hybridized carbons (Fsp3) is 0.222. The summed E-state index contributed by atoms with van der Waals surface area (Å²) in [6.07, 6.45) is 0. The Morgan fingerprint density at radius 3 is 1.50 bits per heavy atom. The van der Waals surface area contributed by atoms with Crippen molar-refractivity contribution >= 4 is 35.1 Å². The zero-order valence-corrected chi connectivity index (χ0v) is 13.7. The molecular weight excluding hydrogens is 351 g/mol. The minimum Gasteiger partial charge on any atom is -0.426 e. The van der Waals surface area contributed by atoms with E-state index in [4.69, 9.17) is 32.7 Å². The van der Waals surface area contributed by atoms with E-state index >= 15 is 0 Å². The van der Waals surface area contributed by atoms with Crippen molar-refractivity contribution in [2.45, 2.75) is 9.75 Å². The number of fused-ring (bicyclic) bond motifs is 8. The minimum atomic E-state index is -1.26. The molecule has 2 aromatic carbocycles. The lowest BCUT2D eigenvalue weighted by Crippen LogP contribution is -2.73. The zero-order valence-electron chi connectivity index (χ0n) is 12.2. The first-order valence-corrected chi connectivity index (χ1v) is 8.25. The highest BCUT2D eigenvalue weighted by atomic mass is 35.5. The standard InChI is InChI=1S/C18H10Cl2O4/c19-17-9-5-1-3-7-11(9)23-15(21)13(17)14-16(22)24-12-8-4-2-6-10(12)18(14,17)20/h1-8,13-14H/t13-,14+,17-,18+. The number of esters is 2. The van der Waals surface area contributed by atoms with Crippen molar-refractivity contribution in [2.24, 2.45) is 11.8 Å². The third-order valence-electron chi connectivity index (χ3n) is 5.21. The molecule has 4 atom stereocenters. The van der Waals surface area contributed by atoms with E-state index in [9.17, 15) is 9.59 Å². The molecule has 0 unspecified atom stereocenters. The predicted octanol–water partition coefficient (Wildman–Crippen LogP) is 3.34. The number of rotatable bonds is 0. The summed E-state index contributed by atoms with van der Waals surface area (Å²) >= 11 is 14.0. The van der Waals surface area contributed by atoms with Crippen LogP contribution in [0.4, 0.5) is 0 Å². The maximum atomic E-state index is 12.5. The molecule has 0 aromatic heterocycles. The van der Waals surface area contributed by atoms with Crippen LogP contribution in [-0.4, -0.2) is 11.9 Å². The largest absolute Gasteiger partial charge is 0.426 e. The number of ether oxygens (including phenoxy) is 2. The molecule has 0 spiro atoms. The lowest BCUT2D eigenvalue weighted by atomic mass is 9.49. The van der Waals surface area contributed by atoms with Gasteiger partial charge in [-0.25, -0.2) is 0 Å². The molecular formula is C18H10Cl2O4. The van der Waals surface area contributed by atoms with Crippen molar-refractivity contribution in [1.82, 2.24) is 0 Å². The summed E-state index contributed by atoms with van der Waals surface area (Å²) in [6, 6.07) is 14.0. The summed E-state index contributed by atoms with van der Waals surface area (Å²) in [5.74, 6) is -2.12. The fourth-order valence-corrected chi connectivity index (χ4v) is 5.38. The van der Waals surface area contributed by atoms with Gasteiger partial charge in [0.1, 0.15) is 21.2 Å². The van der Waals surface area contributed by atoms with Gasteiger partial charge >= 0.3 is 11.9 Å². The lowest BCUT2D eigenvalue weighted by molar-refractivity contribution is -0.172. The Labute approximate surface area is 147 Å². The summed E-state index contributed by atoms with van der Waals surface area (Å²) < 4.78 is 10.7. The summed E-state index contributed by atoms with van der Waals surface area (Å²) in [5, 5.41) is 0. The Bertz CT molecular complexity index is 851. The summed E-state index contributed by atoms with van der Waals surface area (Å²) in [5.41, 5.74) is 1.24. The molecule has 0 radical (unpaired) electrons. The minimum absolute atomic E-state index is 0.378. The number of hydrogen-bond donors (Lipinski definition) is 0. The second-order valence-electron chi connectivity index (χ2n) is 6.21. The van der Waals surface area contributed by atoms with Crippen LogP contribution in [0.3, 0.4) is 0 Å². The van der Waals surface area contributed by atoms with Gasteiger partial charge in [-0.15, -0.1) is 23.2 Å². The molecule has 2 aromatic rings. The van der Waals surface area contributed by atoms with Crippen molar-refractivity contribution in [3.8, 4) is 11.5 Å². The van der Waals surface area contributed by atoms with E-state index < -0.39 is 33.5 Å². The maximum Gasteiger partial charge on any atom is 0.317 e. The molecule has 0 bridgehead atoms. The molecule has 2 heterocycles. The van der Waals surface area contributed by atoms with Gasteiger partial charge in [-0.2, -0.15) is 0 Å². The molecule has 24 heavy (non-hydrogen) atoms. The van der Waals surface area contributed by atoms with Crippen molar-refractivity contribution in [2.75, 3.05) is 0 Å². The molecule has 6 heteroatoms. The first kappa shape index (κ1) is 14.3. The lowest BCUT2D eigenvalue weighted by Gasteiger charge is -2.63. The van der Waals surface area contributed by atoms with Gasteiger partial charge in [0.25, 0.3) is 0 Å². The molecule has 0 amide bonds. The molecule has 5 rings (SSSR count). The van der Waals surface area contributed by atoms with E-state index in [1.165, 1.54) is 0 Å². The molecule has 0 N–H and O–H groups in total. The third kappa shape index (κ3) is 1.35. The van der Waals surface area contributed by atoms with Crippen molar-refractivity contribution < 1.29 is 19.1 Å². The highest BCUT2D eigenvalue weighted by Crippen LogP contribution is 2.75. The van der Waals surface area contributed by atoms with E-state index in [-0.39, 0.29) is 0 Å². The third-order valence-corrected chi connectivity index (χ3v) is 6.78. The summed E-state index contributed by atoms with van der Waals surface area (Å²) in [7, 11) is 0. The second kappa shape index (κ2) is 4.32. The van der Waals surface area contributed by atoms with Gasteiger partial charge < -0.3 is 9.47 Å². The first-order chi connectivity index (χ1) is 11.5. The van der Waals surface area contributed by atoms with Crippen LogP contribution in [0.15, 0.2) is 48.5 Å². The smallest absolute Gasteiger partial charge is 0.317 e. The number of benzene rings is 2. The van der Waals surface area contributed by atoms with Crippen LogP contribution < -0.4 is 9.47 Å². The topological polar surface area (TPSA) is 52.6 Å². The van der Waals surface area contributed by atoms with Crippen molar-refractivity contribution in [3.63, 3.8) is 0 Å². The highest BCUT2D eigenvalue weighted by molar-refractivity contribution is 6.40. The van der Waals surface area contributed by atoms with Crippen LogP contribution in [0.5, 0.6) is 11.5 Å². The Hall–Kier alpha value is -2.04. The summed E-state index contributed by atoms with van der Waals surface area (Å²) in [6.45, 7) is 0. The van der Waals surface area contributed by atoms with Gasteiger partial charge in [0.15, 0.2) is 0 Å². The van der Waals surface area contributed by atoms with Crippen molar-refractivity contribution in [1.29, 1.82) is 0 Å².